The van der Waals surface area contributed by atoms with Gasteiger partial charge in [-0.25, -0.2) is 0 Å². The molecular formula is C17H15N3O3. The Hall–Kier alpha value is -3.15. The molecule has 1 heterocycles. The lowest BCUT2D eigenvalue weighted by Crippen LogP contribution is -2.23. The Kier molecular flexibility index (Phi) is 3.80. The molecule has 0 bridgehead atoms. The normalized spacial score (nSPS) is 10.7. The molecule has 0 saturated heterocycles. The van der Waals surface area contributed by atoms with Crippen LogP contribution in [-0.4, -0.2) is 15.8 Å². The maximum absolute atomic E-state index is 12.2. The zero-order chi connectivity index (χ0) is 16.4. The average molecular weight is 309 g/mol. The van der Waals surface area contributed by atoms with Gasteiger partial charge in [0.2, 0.25) is 0 Å². The molecule has 23 heavy (non-hydrogen) atoms. The summed E-state index contributed by atoms with van der Waals surface area (Å²) in [6.45, 7) is 2.29. The van der Waals surface area contributed by atoms with Crippen molar-refractivity contribution in [2.75, 3.05) is 0 Å². The van der Waals surface area contributed by atoms with E-state index < -0.39 is 10.8 Å². The minimum atomic E-state index is -0.552. The first kappa shape index (κ1) is 14.8. The van der Waals surface area contributed by atoms with Crippen LogP contribution in [0.25, 0.3) is 10.9 Å². The number of aryl methyl sites for hydroxylation is 1. The van der Waals surface area contributed by atoms with Gasteiger partial charge in [0.25, 0.3) is 11.6 Å². The van der Waals surface area contributed by atoms with Gasteiger partial charge in [-0.3, -0.25) is 14.9 Å². The maximum Gasteiger partial charge on any atom is 0.282 e. The number of nitrogens with one attached hydrogen (secondary N) is 2. The fraction of sp³-hybridized carbons (Fsp3) is 0.118. The van der Waals surface area contributed by atoms with E-state index in [0.29, 0.717) is 6.54 Å². The highest BCUT2D eigenvalue weighted by Crippen LogP contribution is 2.19. The molecule has 3 rings (SSSR count). The number of aromatic amines is 1. The molecule has 0 unspecified atom stereocenters. The number of aromatic nitrogens is 1. The van der Waals surface area contributed by atoms with Crippen molar-refractivity contribution >= 4 is 22.5 Å². The van der Waals surface area contributed by atoms with Crippen molar-refractivity contribution in [3.8, 4) is 0 Å². The van der Waals surface area contributed by atoms with Gasteiger partial charge in [0.1, 0.15) is 5.56 Å². The third-order valence-electron chi connectivity index (χ3n) is 3.62. The summed E-state index contributed by atoms with van der Waals surface area (Å²) in [4.78, 5) is 25.8. The van der Waals surface area contributed by atoms with Gasteiger partial charge in [-0.15, -0.1) is 0 Å². The van der Waals surface area contributed by atoms with Gasteiger partial charge in [-0.05, 0) is 42.1 Å². The molecular weight excluding hydrogens is 294 g/mol. The Bertz CT molecular complexity index is 899. The van der Waals surface area contributed by atoms with E-state index in [1.54, 1.807) is 6.07 Å². The number of nitro benzene ring substituents is 1. The fourth-order valence-electron chi connectivity index (χ4n) is 2.54. The fourth-order valence-corrected chi connectivity index (χ4v) is 2.54. The first-order chi connectivity index (χ1) is 11.0. The van der Waals surface area contributed by atoms with Crippen LogP contribution in [0.4, 0.5) is 5.69 Å². The largest absolute Gasteiger partial charge is 0.359 e. The summed E-state index contributed by atoms with van der Waals surface area (Å²) in [5.41, 5.74) is 2.92. The number of carbonyl (C=O) groups excluding carboxylic acids is 1. The van der Waals surface area contributed by atoms with Crippen LogP contribution in [0.1, 0.15) is 21.6 Å². The molecule has 0 atom stereocenters. The molecule has 1 amide bonds. The minimum Gasteiger partial charge on any atom is -0.359 e. The molecule has 0 aliphatic heterocycles. The third kappa shape index (κ3) is 3.06. The summed E-state index contributed by atoms with van der Waals surface area (Å²) in [7, 11) is 0. The Morgan fingerprint density at radius 2 is 2.00 bits per heavy atom. The second kappa shape index (κ2) is 5.92. The third-order valence-corrected chi connectivity index (χ3v) is 3.62. The van der Waals surface area contributed by atoms with Crippen LogP contribution < -0.4 is 5.32 Å². The van der Waals surface area contributed by atoms with Crippen molar-refractivity contribution in [2.24, 2.45) is 0 Å². The zero-order valence-corrected chi connectivity index (χ0v) is 12.5. The van der Waals surface area contributed by atoms with Crippen LogP contribution in [0.2, 0.25) is 0 Å². The smallest absolute Gasteiger partial charge is 0.282 e. The van der Waals surface area contributed by atoms with Gasteiger partial charge in [0, 0.05) is 23.8 Å². The second-order valence-electron chi connectivity index (χ2n) is 5.33. The van der Waals surface area contributed by atoms with Crippen LogP contribution in [0.3, 0.4) is 0 Å². The summed E-state index contributed by atoms with van der Waals surface area (Å²) in [6.07, 6.45) is 0. The van der Waals surface area contributed by atoms with Crippen LogP contribution in [-0.2, 0) is 6.54 Å². The average Bonchev–Trinajstić information content (AvgIpc) is 2.91. The van der Waals surface area contributed by atoms with Crippen LogP contribution in [0.5, 0.6) is 0 Å². The van der Waals surface area contributed by atoms with E-state index in [2.05, 4.69) is 10.3 Å². The molecule has 2 N–H and O–H groups in total. The van der Waals surface area contributed by atoms with Gasteiger partial charge in [0.15, 0.2) is 0 Å². The first-order valence-electron chi connectivity index (χ1n) is 7.14. The van der Waals surface area contributed by atoms with Crippen LogP contribution in [0.15, 0.2) is 48.5 Å². The Morgan fingerprint density at radius 1 is 1.22 bits per heavy atom. The standard InChI is InChI=1S/C17H15N3O3/c1-11-8-13-9-12(6-7-15(13)19-11)10-18-17(21)14-4-2-3-5-16(14)20(22)23/h2-9,19H,10H2,1H3,(H,18,21). The molecule has 0 radical (unpaired) electrons. The number of rotatable bonds is 4. The predicted molar refractivity (Wildman–Crippen MR) is 87.3 cm³/mol. The molecule has 2 aromatic carbocycles. The van der Waals surface area contributed by atoms with Gasteiger partial charge in [0.05, 0.1) is 4.92 Å². The Labute approximate surface area is 132 Å². The van der Waals surface area contributed by atoms with Crippen molar-refractivity contribution in [3.05, 3.63) is 75.5 Å². The molecule has 6 heteroatoms. The zero-order valence-electron chi connectivity index (χ0n) is 12.5. The lowest BCUT2D eigenvalue weighted by molar-refractivity contribution is -0.385. The topological polar surface area (TPSA) is 88.0 Å². The van der Waals surface area contributed by atoms with E-state index in [0.717, 1.165) is 22.2 Å². The number of benzene rings is 2. The van der Waals surface area contributed by atoms with E-state index >= 15 is 0 Å². The summed E-state index contributed by atoms with van der Waals surface area (Å²) in [5, 5.41) is 14.8. The molecule has 3 aromatic rings. The monoisotopic (exact) mass is 309 g/mol. The van der Waals surface area contributed by atoms with Crippen molar-refractivity contribution in [1.29, 1.82) is 0 Å². The molecule has 0 fully saturated rings. The minimum absolute atomic E-state index is 0.0658. The SMILES string of the molecule is Cc1cc2cc(CNC(=O)c3ccccc3[N+](=O)[O-])ccc2[nH]1. The number of H-pyrrole nitrogens is 1. The number of hydrogen-bond acceptors (Lipinski definition) is 3. The van der Waals surface area contributed by atoms with E-state index in [4.69, 9.17) is 0 Å². The number of nitrogens with zero attached hydrogens (tertiary/aromatic N) is 1. The Morgan fingerprint density at radius 3 is 2.78 bits per heavy atom. The summed E-state index contributed by atoms with van der Waals surface area (Å²) in [6, 6.07) is 13.8. The molecule has 0 aliphatic carbocycles. The quantitative estimate of drug-likeness (QED) is 0.572. The summed E-state index contributed by atoms with van der Waals surface area (Å²) < 4.78 is 0. The highest BCUT2D eigenvalue weighted by Gasteiger charge is 2.18. The van der Waals surface area contributed by atoms with Gasteiger partial charge in [-0.1, -0.05) is 18.2 Å². The van der Waals surface area contributed by atoms with E-state index in [1.807, 2.05) is 31.2 Å². The molecule has 1 aromatic heterocycles. The summed E-state index contributed by atoms with van der Waals surface area (Å²) >= 11 is 0. The van der Waals surface area contributed by atoms with Gasteiger partial charge < -0.3 is 10.3 Å². The first-order valence-corrected chi connectivity index (χ1v) is 7.14. The Balaban J connectivity index is 1.76. The highest BCUT2D eigenvalue weighted by atomic mass is 16.6. The van der Waals surface area contributed by atoms with Gasteiger partial charge in [-0.2, -0.15) is 0 Å². The van der Waals surface area contributed by atoms with Crippen molar-refractivity contribution in [2.45, 2.75) is 13.5 Å². The highest BCUT2D eigenvalue weighted by molar-refractivity contribution is 5.98. The number of carbonyl (C=O) groups is 1. The predicted octanol–water partition coefficient (Wildman–Crippen LogP) is 3.31. The molecule has 6 nitrogen and oxygen atoms in total. The number of fused-ring (bicyclic) bond motifs is 1. The van der Waals surface area contributed by atoms with Crippen LogP contribution in [0, 0.1) is 17.0 Å². The molecule has 0 aliphatic rings. The second-order valence-corrected chi connectivity index (χ2v) is 5.33. The number of nitro groups is 1. The number of hydrogen-bond donors (Lipinski definition) is 2. The molecule has 0 spiro atoms. The molecule has 116 valence electrons. The van der Waals surface area contributed by atoms with Gasteiger partial charge >= 0.3 is 0 Å². The summed E-state index contributed by atoms with van der Waals surface area (Å²) in [5.74, 6) is -0.456. The van der Waals surface area contributed by atoms with E-state index in [1.165, 1.54) is 18.2 Å². The van der Waals surface area contributed by atoms with Crippen molar-refractivity contribution < 1.29 is 9.72 Å². The van der Waals surface area contributed by atoms with E-state index in [9.17, 15) is 14.9 Å². The lowest BCUT2D eigenvalue weighted by Gasteiger charge is -2.06. The van der Waals surface area contributed by atoms with Crippen molar-refractivity contribution in [1.82, 2.24) is 10.3 Å². The van der Waals surface area contributed by atoms with Crippen molar-refractivity contribution in [3.63, 3.8) is 0 Å². The lowest BCUT2D eigenvalue weighted by atomic mass is 10.1. The van der Waals surface area contributed by atoms with Crippen LogP contribution >= 0.6 is 0 Å². The number of para-hydroxylation sites is 1. The maximum atomic E-state index is 12.2. The number of amides is 1. The van der Waals surface area contributed by atoms with E-state index in [-0.39, 0.29) is 11.3 Å². The molecule has 0 saturated carbocycles.